The Hall–Kier alpha value is -4.14. The van der Waals surface area contributed by atoms with Crippen molar-refractivity contribution >= 4 is 53.7 Å². The summed E-state index contributed by atoms with van der Waals surface area (Å²) in [5.74, 6) is -5.12. The number of primary amides is 1. The first-order chi connectivity index (χ1) is 21.2. The SMILES string of the molecule is CSCC[C@H](NC=O)C(=O)N[C@@H](Cc1ccccc1)C(=O)N[C@@H](CC(C)C)C(=O)N[C@H](C(=O)N[C@@H](CC(N)=O)C(=O)O)C(C)C. The van der Waals surface area contributed by atoms with E-state index in [1.165, 1.54) is 11.8 Å². The predicted molar refractivity (Wildman–Crippen MR) is 170 cm³/mol. The average molecular weight is 651 g/mol. The predicted octanol–water partition coefficient (Wildman–Crippen LogP) is -0.302. The van der Waals surface area contributed by atoms with Crippen molar-refractivity contribution in [1.82, 2.24) is 26.6 Å². The Kier molecular flexibility index (Phi) is 17.3. The third kappa shape index (κ3) is 14.5. The zero-order valence-corrected chi connectivity index (χ0v) is 27.1. The number of carbonyl (C=O) groups is 7. The summed E-state index contributed by atoms with van der Waals surface area (Å²) in [4.78, 5) is 87.2. The molecular weight excluding hydrogens is 604 g/mol. The molecule has 0 saturated carbocycles. The first-order valence-electron chi connectivity index (χ1n) is 14.6. The van der Waals surface area contributed by atoms with Crippen molar-refractivity contribution in [1.29, 1.82) is 0 Å². The molecule has 14 nitrogen and oxygen atoms in total. The maximum Gasteiger partial charge on any atom is 0.326 e. The minimum absolute atomic E-state index is 0.0748. The molecular formula is C30H46N6O8S. The summed E-state index contributed by atoms with van der Waals surface area (Å²) >= 11 is 1.50. The molecule has 1 aromatic carbocycles. The van der Waals surface area contributed by atoms with Crippen LogP contribution in [0.5, 0.6) is 0 Å². The van der Waals surface area contributed by atoms with Gasteiger partial charge in [-0.2, -0.15) is 11.8 Å². The summed E-state index contributed by atoms with van der Waals surface area (Å²) in [5.41, 5.74) is 5.85. The molecule has 0 aliphatic heterocycles. The van der Waals surface area contributed by atoms with Gasteiger partial charge in [0, 0.05) is 6.42 Å². The van der Waals surface area contributed by atoms with Crippen molar-refractivity contribution in [3.8, 4) is 0 Å². The van der Waals surface area contributed by atoms with Gasteiger partial charge in [-0.3, -0.25) is 28.8 Å². The Morgan fingerprint density at radius 3 is 1.89 bits per heavy atom. The average Bonchev–Trinajstić information content (AvgIpc) is 2.96. The lowest BCUT2D eigenvalue weighted by atomic mass is 9.98. The zero-order valence-electron chi connectivity index (χ0n) is 26.3. The highest BCUT2D eigenvalue weighted by Crippen LogP contribution is 2.11. The van der Waals surface area contributed by atoms with Gasteiger partial charge in [0.2, 0.25) is 35.9 Å². The summed E-state index contributed by atoms with van der Waals surface area (Å²) in [6.45, 7) is 6.95. The highest BCUT2D eigenvalue weighted by molar-refractivity contribution is 7.98. The van der Waals surface area contributed by atoms with Crippen LogP contribution in [0, 0.1) is 11.8 Å². The van der Waals surface area contributed by atoms with Crippen molar-refractivity contribution in [2.45, 2.75) is 83.6 Å². The number of thioether (sulfide) groups is 1. The van der Waals surface area contributed by atoms with E-state index in [0.29, 0.717) is 18.6 Å². The number of hydrogen-bond donors (Lipinski definition) is 7. The molecule has 0 radical (unpaired) electrons. The van der Waals surface area contributed by atoms with Crippen LogP contribution in [0.25, 0.3) is 0 Å². The molecule has 0 aliphatic rings. The zero-order chi connectivity index (χ0) is 34.1. The second-order valence-corrected chi connectivity index (χ2v) is 12.3. The topological polar surface area (TPSA) is 226 Å². The molecule has 5 atom stereocenters. The van der Waals surface area contributed by atoms with E-state index in [1.807, 2.05) is 20.1 Å². The van der Waals surface area contributed by atoms with Gasteiger partial charge in [-0.15, -0.1) is 0 Å². The smallest absolute Gasteiger partial charge is 0.326 e. The molecule has 0 bridgehead atoms. The van der Waals surface area contributed by atoms with Crippen LogP contribution < -0.4 is 32.3 Å². The number of carbonyl (C=O) groups excluding carboxylic acids is 6. The fourth-order valence-corrected chi connectivity index (χ4v) is 4.84. The molecule has 0 spiro atoms. The normalized spacial score (nSPS) is 14.3. The van der Waals surface area contributed by atoms with Crippen molar-refractivity contribution in [3.63, 3.8) is 0 Å². The fraction of sp³-hybridized carbons (Fsp3) is 0.567. The Labute approximate surface area is 267 Å². The van der Waals surface area contributed by atoms with E-state index < -0.39 is 78.1 Å². The third-order valence-electron chi connectivity index (χ3n) is 6.72. The molecule has 0 saturated heterocycles. The van der Waals surface area contributed by atoms with Crippen molar-refractivity contribution in [2.24, 2.45) is 17.6 Å². The number of carboxylic acids is 1. The van der Waals surface area contributed by atoms with Crippen LogP contribution in [0.1, 0.15) is 52.5 Å². The van der Waals surface area contributed by atoms with Crippen molar-refractivity contribution in [3.05, 3.63) is 35.9 Å². The molecule has 0 aromatic heterocycles. The van der Waals surface area contributed by atoms with E-state index in [4.69, 9.17) is 5.73 Å². The quantitative estimate of drug-likeness (QED) is 0.0866. The second-order valence-electron chi connectivity index (χ2n) is 11.4. The first-order valence-corrected chi connectivity index (χ1v) is 16.0. The molecule has 0 fully saturated rings. The van der Waals surface area contributed by atoms with Crippen LogP contribution in [-0.4, -0.2) is 89.2 Å². The van der Waals surface area contributed by atoms with Crippen LogP contribution in [0.15, 0.2) is 30.3 Å². The van der Waals surface area contributed by atoms with E-state index in [0.717, 1.165) is 5.56 Å². The number of nitrogens with two attached hydrogens (primary N) is 1. The highest BCUT2D eigenvalue weighted by Gasteiger charge is 2.34. The maximum absolute atomic E-state index is 13.7. The summed E-state index contributed by atoms with van der Waals surface area (Å²) in [5, 5.41) is 22.1. The summed E-state index contributed by atoms with van der Waals surface area (Å²) in [7, 11) is 0. The first kappa shape index (κ1) is 38.9. The Morgan fingerprint density at radius 1 is 0.822 bits per heavy atom. The van der Waals surface area contributed by atoms with Gasteiger partial charge in [0.25, 0.3) is 0 Å². The van der Waals surface area contributed by atoms with Crippen LogP contribution >= 0.6 is 11.8 Å². The number of amides is 6. The van der Waals surface area contributed by atoms with Gasteiger partial charge >= 0.3 is 5.97 Å². The van der Waals surface area contributed by atoms with Gasteiger partial charge in [-0.1, -0.05) is 58.0 Å². The summed E-state index contributed by atoms with van der Waals surface area (Å²) in [6.07, 6.45) is 2.26. The number of hydrogen-bond acceptors (Lipinski definition) is 8. The van der Waals surface area contributed by atoms with Gasteiger partial charge in [0.05, 0.1) is 6.42 Å². The Bertz CT molecular complexity index is 1170. The van der Waals surface area contributed by atoms with Crippen LogP contribution in [0.4, 0.5) is 0 Å². The minimum Gasteiger partial charge on any atom is -0.480 e. The van der Waals surface area contributed by atoms with Crippen LogP contribution in [0.2, 0.25) is 0 Å². The van der Waals surface area contributed by atoms with Crippen molar-refractivity contribution < 1.29 is 38.7 Å². The third-order valence-corrected chi connectivity index (χ3v) is 7.36. The minimum atomic E-state index is -1.59. The number of carboxylic acid groups (broad SMARTS) is 1. The molecule has 0 aliphatic carbocycles. The Morgan fingerprint density at radius 2 is 1.38 bits per heavy atom. The number of aliphatic carboxylic acids is 1. The molecule has 45 heavy (non-hydrogen) atoms. The summed E-state index contributed by atoms with van der Waals surface area (Å²) < 4.78 is 0. The summed E-state index contributed by atoms with van der Waals surface area (Å²) in [6, 6.07) is 3.05. The molecule has 15 heteroatoms. The Balaban J connectivity index is 3.24. The molecule has 1 rings (SSSR count). The standard InChI is InChI=1S/C30H46N6O8S/c1-17(2)13-21(28(41)36-25(18(3)4)29(42)35-23(30(43)44)15-24(31)38)33-27(40)22(14-19-9-7-6-8-10-19)34-26(39)20(32-16-37)11-12-45-5/h6-10,16-18,20-23,25H,11-15H2,1-5H3,(H2,31,38)(H,32,37)(H,33,40)(H,34,39)(H,35,42)(H,36,41)(H,43,44)/t20-,21-,22-,23-,25-/m0/s1. The largest absolute Gasteiger partial charge is 0.480 e. The highest BCUT2D eigenvalue weighted by atomic mass is 32.2. The van der Waals surface area contributed by atoms with Crippen molar-refractivity contribution in [2.75, 3.05) is 12.0 Å². The number of rotatable bonds is 21. The van der Waals surface area contributed by atoms with Gasteiger partial charge in [-0.25, -0.2) is 4.79 Å². The number of benzene rings is 1. The van der Waals surface area contributed by atoms with Crippen LogP contribution in [0.3, 0.4) is 0 Å². The monoisotopic (exact) mass is 650 g/mol. The lowest BCUT2D eigenvalue weighted by Crippen LogP contribution is -2.60. The fourth-order valence-electron chi connectivity index (χ4n) is 4.37. The van der Waals surface area contributed by atoms with Gasteiger partial charge in [0.15, 0.2) is 0 Å². The lowest BCUT2D eigenvalue weighted by Gasteiger charge is -2.28. The van der Waals surface area contributed by atoms with E-state index in [1.54, 1.807) is 44.2 Å². The maximum atomic E-state index is 13.7. The molecule has 1 aromatic rings. The van der Waals surface area contributed by atoms with E-state index in [2.05, 4.69) is 26.6 Å². The van der Waals surface area contributed by atoms with Gasteiger partial charge in [0.1, 0.15) is 30.2 Å². The molecule has 250 valence electrons. The molecule has 0 heterocycles. The van der Waals surface area contributed by atoms with E-state index in [-0.39, 0.29) is 18.8 Å². The van der Waals surface area contributed by atoms with Gasteiger partial charge < -0.3 is 37.4 Å². The van der Waals surface area contributed by atoms with Gasteiger partial charge in [-0.05, 0) is 42.2 Å². The van der Waals surface area contributed by atoms with Crippen LogP contribution in [-0.2, 0) is 40.0 Å². The van der Waals surface area contributed by atoms with E-state index in [9.17, 15) is 38.7 Å². The lowest BCUT2D eigenvalue weighted by molar-refractivity contribution is -0.144. The van der Waals surface area contributed by atoms with E-state index >= 15 is 0 Å². The molecule has 6 amide bonds. The second kappa shape index (κ2) is 20.0. The molecule has 8 N–H and O–H groups in total. The number of nitrogens with one attached hydrogen (secondary N) is 5. The molecule has 0 unspecified atom stereocenters.